The first kappa shape index (κ1) is 17.5. The molecule has 0 aromatic rings. The van der Waals surface area contributed by atoms with Gasteiger partial charge in [-0.15, -0.1) is 0 Å². The molecule has 1 aliphatic heterocycles. The van der Waals surface area contributed by atoms with Crippen LogP contribution >= 0.6 is 0 Å². The number of carbonyl (C=O) groups excluding carboxylic acids is 2. The van der Waals surface area contributed by atoms with E-state index in [9.17, 15) is 24.9 Å². The van der Waals surface area contributed by atoms with Gasteiger partial charge in [-0.3, -0.25) is 4.79 Å². The molecule has 0 saturated heterocycles. The van der Waals surface area contributed by atoms with Gasteiger partial charge in [-0.05, 0) is 6.42 Å². The third-order valence-corrected chi connectivity index (χ3v) is 3.43. The quantitative estimate of drug-likeness (QED) is 0.368. The second-order valence-electron chi connectivity index (χ2n) is 5.13. The Morgan fingerprint density at radius 2 is 1.81 bits per heavy atom. The van der Waals surface area contributed by atoms with Crippen LogP contribution < -0.4 is 0 Å². The van der Waals surface area contributed by atoms with Crippen LogP contribution in [0.4, 0.5) is 0 Å². The Kier molecular flexibility index (Phi) is 6.64. The highest BCUT2D eigenvalue weighted by Gasteiger charge is 2.43. The van der Waals surface area contributed by atoms with E-state index in [4.69, 9.17) is 5.11 Å². The summed E-state index contributed by atoms with van der Waals surface area (Å²) in [5, 5.41) is 38.0. The molecule has 0 saturated carbocycles. The minimum absolute atomic E-state index is 0.0963. The number of Topliss-reactive ketones (excluding diaryl/α,β-unsaturated/α-hetero) is 1. The highest BCUT2D eigenvalue weighted by atomic mass is 16.6. The largest absolute Gasteiger partial charge is 0.505 e. The van der Waals surface area contributed by atoms with Gasteiger partial charge in [-0.1, -0.05) is 32.6 Å². The molecule has 1 heterocycles. The number of aliphatic hydroxyl groups excluding tert-OH is 4. The van der Waals surface area contributed by atoms with Crippen molar-refractivity contribution in [3.05, 3.63) is 11.5 Å². The molecule has 0 aliphatic carbocycles. The van der Waals surface area contributed by atoms with Gasteiger partial charge >= 0.3 is 5.97 Å². The Balaban J connectivity index is 2.45. The summed E-state index contributed by atoms with van der Waals surface area (Å²) in [5.41, 5.74) is 0. The average molecular weight is 302 g/mol. The Bertz CT molecular complexity index is 416. The fourth-order valence-electron chi connectivity index (χ4n) is 2.10. The van der Waals surface area contributed by atoms with E-state index >= 15 is 0 Å². The minimum Gasteiger partial charge on any atom is -0.505 e. The van der Waals surface area contributed by atoms with Crippen molar-refractivity contribution >= 4 is 11.8 Å². The number of cyclic esters (lactones) is 1. The molecule has 4 N–H and O–H groups in total. The lowest BCUT2D eigenvalue weighted by Gasteiger charge is -2.21. The molecule has 7 heteroatoms. The first-order chi connectivity index (χ1) is 9.90. The molecule has 21 heavy (non-hydrogen) atoms. The number of esters is 1. The highest BCUT2D eigenvalue weighted by Crippen LogP contribution is 2.23. The number of hydrogen-bond donors (Lipinski definition) is 4. The van der Waals surface area contributed by atoms with Crippen LogP contribution in [0.5, 0.6) is 0 Å². The van der Waals surface area contributed by atoms with Gasteiger partial charge in [0.25, 0.3) is 0 Å². The average Bonchev–Trinajstić information content (AvgIpc) is 2.73. The Labute approximate surface area is 122 Å². The van der Waals surface area contributed by atoms with Gasteiger partial charge in [0.05, 0.1) is 0 Å². The van der Waals surface area contributed by atoms with Crippen LogP contribution in [-0.2, 0) is 14.3 Å². The van der Waals surface area contributed by atoms with E-state index in [-0.39, 0.29) is 6.42 Å². The van der Waals surface area contributed by atoms with Gasteiger partial charge in [0, 0.05) is 6.42 Å². The normalized spacial score (nSPS) is 21.3. The van der Waals surface area contributed by atoms with Gasteiger partial charge in [-0.25, -0.2) is 4.79 Å². The summed E-state index contributed by atoms with van der Waals surface area (Å²) in [6, 6.07) is 0. The number of ketones is 1. The Morgan fingerprint density at radius 3 is 2.33 bits per heavy atom. The maximum absolute atomic E-state index is 11.7. The highest BCUT2D eigenvalue weighted by molar-refractivity contribution is 5.89. The predicted molar refractivity (Wildman–Crippen MR) is 72.6 cm³/mol. The van der Waals surface area contributed by atoms with Crippen LogP contribution in [0.25, 0.3) is 0 Å². The van der Waals surface area contributed by atoms with E-state index in [1.165, 1.54) is 0 Å². The second-order valence-corrected chi connectivity index (χ2v) is 5.13. The molecule has 0 spiro atoms. The lowest BCUT2D eigenvalue weighted by atomic mass is 9.99. The number of carbonyl (C=O) groups is 2. The predicted octanol–water partition coefficient (Wildman–Crippen LogP) is 0.891. The number of unbranched alkanes of at least 4 members (excludes halogenated alkanes) is 4. The maximum atomic E-state index is 11.7. The van der Waals surface area contributed by atoms with Crippen molar-refractivity contribution in [2.24, 2.45) is 0 Å². The first-order valence-corrected chi connectivity index (χ1v) is 7.12. The molecule has 0 aromatic heterocycles. The lowest BCUT2D eigenvalue weighted by molar-refractivity contribution is -0.154. The second kappa shape index (κ2) is 7.99. The maximum Gasteiger partial charge on any atom is 0.377 e. The minimum atomic E-state index is -1.80. The summed E-state index contributed by atoms with van der Waals surface area (Å²) in [5.74, 6) is -3.68. The molecule has 7 nitrogen and oxygen atoms in total. The lowest BCUT2D eigenvalue weighted by Crippen LogP contribution is -2.43. The van der Waals surface area contributed by atoms with Crippen molar-refractivity contribution in [1.29, 1.82) is 0 Å². The molecule has 0 radical (unpaired) electrons. The van der Waals surface area contributed by atoms with Crippen molar-refractivity contribution in [3.8, 4) is 0 Å². The van der Waals surface area contributed by atoms with Gasteiger partial charge in [0.15, 0.2) is 17.6 Å². The SMILES string of the molecule is CCCCCCCC(=O)C(O)C(O)[C@@H]1OC(=O)C(O)=C1O. The van der Waals surface area contributed by atoms with Crippen molar-refractivity contribution in [3.63, 3.8) is 0 Å². The van der Waals surface area contributed by atoms with Gasteiger partial charge in [0.1, 0.15) is 12.2 Å². The van der Waals surface area contributed by atoms with E-state index in [0.29, 0.717) is 6.42 Å². The van der Waals surface area contributed by atoms with Crippen molar-refractivity contribution in [2.75, 3.05) is 0 Å². The molecule has 3 atom stereocenters. The smallest absolute Gasteiger partial charge is 0.377 e. The van der Waals surface area contributed by atoms with Crippen LogP contribution in [0, 0.1) is 0 Å². The fourth-order valence-corrected chi connectivity index (χ4v) is 2.10. The van der Waals surface area contributed by atoms with Gasteiger partial charge in [0.2, 0.25) is 5.76 Å². The molecule has 120 valence electrons. The topological polar surface area (TPSA) is 124 Å². The monoisotopic (exact) mass is 302 g/mol. The molecular formula is C14H22O7. The van der Waals surface area contributed by atoms with E-state index < -0.39 is 41.6 Å². The molecule has 0 fully saturated rings. The van der Waals surface area contributed by atoms with Crippen molar-refractivity contribution in [2.45, 2.75) is 63.8 Å². The summed E-state index contributed by atoms with van der Waals surface area (Å²) < 4.78 is 4.50. The molecular weight excluding hydrogens is 280 g/mol. The molecule has 0 aromatic carbocycles. The summed E-state index contributed by atoms with van der Waals surface area (Å²) in [6.07, 6.45) is -0.487. The number of hydrogen-bond acceptors (Lipinski definition) is 7. The molecule has 1 rings (SSSR count). The third kappa shape index (κ3) is 4.44. The molecule has 2 unspecified atom stereocenters. The van der Waals surface area contributed by atoms with E-state index in [1.54, 1.807) is 0 Å². The molecule has 0 amide bonds. The van der Waals surface area contributed by atoms with E-state index in [1.807, 2.05) is 0 Å². The summed E-state index contributed by atoms with van der Waals surface area (Å²) in [6.45, 7) is 2.07. The fraction of sp³-hybridized carbons (Fsp3) is 0.714. The van der Waals surface area contributed by atoms with Crippen LogP contribution in [0.2, 0.25) is 0 Å². The Hall–Kier alpha value is -1.60. The van der Waals surface area contributed by atoms with E-state index in [2.05, 4.69) is 11.7 Å². The zero-order chi connectivity index (χ0) is 16.0. The van der Waals surface area contributed by atoms with Crippen LogP contribution in [0.1, 0.15) is 45.4 Å². The van der Waals surface area contributed by atoms with Crippen LogP contribution in [0.3, 0.4) is 0 Å². The summed E-state index contributed by atoms with van der Waals surface area (Å²) >= 11 is 0. The third-order valence-electron chi connectivity index (χ3n) is 3.43. The number of ether oxygens (including phenoxy) is 1. The molecule has 0 bridgehead atoms. The van der Waals surface area contributed by atoms with Crippen LogP contribution in [0.15, 0.2) is 11.5 Å². The summed E-state index contributed by atoms with van der Waals surface area (Å²) in [7, 11) is 0. The van der Waals surface area contributed by atoms with E-state index in [0.717, 1.165) is 25.7 Å². The van der Waals surface area contributed by atoms with Crippen LogP contribution in [-0.4, -0.2) is 50.5 Å². The standard InChI is InChI=1S/C14H22O7/c1-2-3-4-5-6-7-8(15)9(16)10(17)13-11(18)12(19)14(20)21-13/h9-10,13,16-19H,2-7H2,1H3/t9?,10?,13-/m0/s1. The Morgan fingerprint density at radius 1 is 1.19 bits per heavy atom. The zero-order valence-corrected chi connectivity index (χ0v) is 12.0. The van der Waals surface area contributed by atoms with Gasteiger partial charge in [-0.2, -0.15) is 0 Å². The van der Waals surface area contributed by atoms with Gasteiger partial charge < -0.3 is 25.2 Å². The molecule has 1 aliphatic rings. The number of rotatable bonds is 9. The van der Waals surface area contributed by atoms with Crippen molar-refractivity contribution in [1.82, 2.24) is 0 Å². The zero-order valence-electron chi connectivity index (χ0n) is 12.0. The number of aliphatic hydroxyl groups is 4. The van der Waals surface area contributed by atoms with Crippen molar-refractivity contribution < 1.29 is 34.8 Å². The summed E-state index contributed by atoms with van der Waals surface area (Å²) in [4.78, 5) is 22.7. The first-order valence-electron chi connectivity index (χ1n) is 7.12.